The van der Waals surface area contributed by atoms with Crippen molar-refractivity contribution in [2.24, 2.45) is 14.1 Å². The van der Waals surface area contributed by atoms with Gasteiger partial charge in [0.25, 0.3) is 11.5 Å². The Bertz CT molecular complexity index is 1070. The molecule has 0 unspecified atom stereocenters. The van der Waals surface area contributed by atoms with Gasteiger partial charge in [0.05, 0.1) is 21.8 Å². The summed E-state index contributed by atoms with van der Waals surface area (Å²) in [6.07, 6.45) is 1.35. The lowest BCUT2D eigenvalue weighted by atomic mass is 10.2. The third-order valence-corrected chi connectivity index (χ3v) is 4.84. The van der Waals surface area contributed by atoms with Crippen molar-refractivity contribution in [1.29, 1.82) is 0 Å². The molecule has 0 saturated carbocycles. The third kappa shape index (κ3) is 2.85. The van der Waals surface area contributed by atoms with Gasteiger partial charge in [-0.15, -0.1) is 11.3 Å². The zero-order valence-electron chi connectivity index (χ0n) is 12.9. The number of hydrogen-bond donors (Lipinski definition) is 1. The molecule has 1 amide bonds. The maximum atomic E-state index is 12.3. The van der Waals surface area contributed by atoms with E-state index in [4.69, 9.17) is 11.6 Å². The van der Waals surface area contributed by atoms with Crippen LogP contribution in [0.1, 0.15) is 15.2 Å². The summed E-state index contributed by atoms with van der Waals surface area (Å²) < 4.78 is 2.90. The second kappa shape index (κ2) is 6.21. The van der Waals surface area contributed by atoms with Crippen molar-refractivity contribution in [3.8, 4) is 0 Å². The molecule has 3 heterocycles. The zero-order chi connectivity index (χ0) is 17.4. The summed E-state index contributed by atoms with van der Waals surface area (Å²) in [6, 6.07) is 5.04. The number of pyridine rings is 1. The summed E-state index contributed by atoms with van der Waals surface area (Å²) in [5.41, 5.74) is -0.461. The van der Waals surface area contributed by atoms with Gasteiger partial charge in [0.2, 0.25) is 0 Å². The van der Waals surface area contributed by atoms with E-state index in [1.54, 1.807) is 6.07 Å². The van der Waals surface area contributed by atoms with E-state index in [2.05, 4.69) is 10.3 Å². The molecule has 3 aromatic rings. The van der Waals surface area contributed by atoms with E-state index in [1.165, 1.54) is 42.3 Å². The Hall–Kier alpha value is -2.45. The first-order valence-electron chi connectivity index (χ1n) is 6.96. The molecule has 0 radical (unpaired) electrons. The number of nitrogens with one attached hydrogen (secondary N) is 1. The number of aryl methyl sites for hydroxylation is 1. The minimum Gasteiger partial charge on any atom is -0.347 e. The number of fused-ring (bicyclic) bond motifs is 1. The predicted molar refractivity (Wildman–Crippen MR) is 92.7 cm³/mol. The van der Waals surface area contributed by atoms with Gasteiger partial charge in [0.15, 0.2) is 0 Å². The molecule has 3 rings (SSSR count). The number of nitrogens with zero attached hydrogens (tertiary/aromatic N) is 3. The molecular formula is C15H13ClN4O3S. The van der Waals surface area contributed by atoms with Crippen LogP contribution in [0.15, 0.2) is 34.0 Å². The van der Waals surface area contributed by atoms with E-state index in [0.29, 0.717) is 10.9 Å². The Morgan fingerprint density at radius 3 is 2.71 bits per heavy atom. The molecule has 0 saturated heterocycles. The molecule has 1 N–H and O–H groups in total. The first kappa shape index (κ1) is 16.4. The van der Waals surface area contributed by atoms with E-state index >= 15 is 0 Å². The lowest BCUT2D eigenvalue weighted by molar-refractivity contribution is 0.0951. The van der Waals surface area contributed by atoms with Gasteiger partial charge < -0.3 is 5.32 Å². The topological polar surface area (TPSA) is 86.0 Å². The molecule has 0 aromatic carbocycles. The normalized spacial score (nSPS) is 11.0. The first-order chi connectivity index (χ1) is 11.4. The maximum Gasteiger partial charge on any atom is 0.332 e. The monoisotopic (exact) mass is 364 g/mol. The fourth-order valence-electron chi connectivity index (χ4n) is 2.31. The smallest absolute Gasteiger partial charge is 0.332 e. The summed E-state index contributed by atoms with van der Waals surface area (Å²) in [5, 5.41) is 2.96. The standard InChI is InChI=1S/C15H13ClN4O3S/c1-19-12-10(14(22)20(2)15(19)23)5-8(6-17-12)13(21)18-7-9-3-4-11(16)24-9/h3-6H,7H2,1-2H3,(H,18,21). The Kier molecular flexibility index (Phi) is 4.25. The quantitative estimate of drug-likeness (QED) is 0.758. The van der Waals surface area contributed by atoms with Crippen LogP contribution in [-0.2, 0) is 20.6 Å². The van der Waals surface area contributed by atoms with Gasteiger partial charge in [0, 0.05) is 25.2 Å². The minimum absolute atomic E-state index is 0.214. The maximum absolute atomic E-state index is 12.3. The number of aromatic nitrogens is 3. The fraction of sp³-hybridized carbons (Fsp3) is 0.200. The Balaban J connectivity index is 1.94. The molecular weight excluding hydrogens is 352 g/mol. The van der Waals surface area contributed by atoms with Crippen molar-refractivity contribution < 1.29 is 4.79 Å². The van der Waals surface area contributed by atoms with Crippen molar-refractivity contribution >= 4 is 39.9 Å². The molecule has 0 aliphatic rings. The summed E-state index contributed by atoms with van der Waals surface area (Å²) >= 11 is 7.23. The molecule has 124 valence electrons. The van der Waals surface area contributed by atoms with Crippen LogP contribution in [0.5, 0.6) is 0 Å². The van der Waals surface area contributed by atoms with E-state index < -0.39 is 11.2 Å². The van der Waals surface area contributed by atoms with Gasteiger partial charge in [-0.3, -0.25) is 18.7 Å². The Morgan fingerprint density at radius 2 is 2.04 bits per heavy atom. The first-order valence-corrected chi connectivity index (χ1v) is 8.16. The van der Waals surface area contributed by atoms with Gasteiger partial charge in [-0.2, -0.15) is 0 Å². The summed E-state index contributed by atoms with van der Waals surface area (Å²) in [6.45, 7) is 0.333. The summed E-state index contributed by atoms with van der Waals surface area (Å²) in [5.74, 6) is -0.357. The van der Waals surface area contributed by atoms with Crippen LogP contribution in [0.2, 0.25) is 4.34 Å². The predicted octanol–water partition coefficient (Wildman–Crippen LogP) is 1.28. The van der Waals surface area contributed by atoms with Crippen LogP contribution in [0.25, 0.3) is 11.0 Å². The van der Waals surface area contributed by atoms with Gasteiger partial charge in [-0.25, -0.2) is 9.78 Å². The number of halogens is 1. The number of hydrogen-bond acceptors (Lipinski definition) is 5. The largest absolute Gasteiger partial charge is 0.347 e. The summed E-state index contributed by atoms with van der Waals surface area (Å²) in [4.78, 5) is 41.4. The van der Waals surface area contributed by atoms with Crippen molar-refractivity contribution in [3.63, 3.8) is 0 Å². The second-order valence-electron chi connectivity index (χ2n) is 5.19. The van der Waals surface area contributed by atoms with Gasteiger partial charge in [-0.05, 0) is 18.2 Å². The van der Waals surface area contributed by atoms with Crippen LogP contribution in [0, 0.1) is 0 Å². The van der Waals surface area contributed by atoms with Gasteiger partial charge in [-0.1, -0.05) is 11.6 Å². The Morgan fingerprint density at radius 1 is 1.29 bits per heavy atom. The molecule has 3 aromatic heterocycles. The van der Waals surface area contributed by atoms with Crippen molar-refractivity contribution in [2.75, 3.05) is 0 Å². The van der Waals surface area contributed by atoms with Crippen molar-refractivity contribution in [2.45, 2.75) is 6.54 Å². The highest BCUT2D eigenvalue weighted by Crippen LogP contribution is 2.21. The second-order valence-corrected chi connectivity index (χ2v) is 6.99. The van der Waals surface area contributed by atoms with Crippen LogP contribution in [0.3, 0.4) is 0 Å². The van der Waals surface area contributed by atoms with Gasteiger partial charge in [0.1, 0.15) is 5.65 Å². The Labute approximate surface area is 145 Å². The number of rotatable bonds is 3. The van der Waals surface area contributed by atoms with Crippen molar-refractivity contribution in [3.05, 3.63) is 60.0 Å². The number of carbonyl (C=O) groups is 1. The van der Waals surface area contributed by atoms with Crippen LogP contribution in [0.4, 0.5) is 0 Å². The molecule has 7 nitrogen and oxygen atoms in total. The third-order valence-electron chi connectivity index (χ3n) is 3.61. The summed E-state index contributed by atoms with van der Waals surface area (Å²) in [7, 11) is 2.91. The number of carbonyl (C=O) groups excluding carboxylic acids is 1. The molecule has 0 fully saturated rings. The van der Waals surface area contributed by atoms with Crippen LogP contribution < -0.4 is 16.6 Å². The van der Waals surface area contributed by atoms with Crippen molar-refractivity contribution in [1.82, 2.24) is 19.4 Å². The lowest BCUT2D eigenvalue weighted by Gasteiger charge is -2.08. The molecule has 0 bridgehead atoms. The number of amides is 1. The molecule has 24 heavy (non-hydrogen) atoms. The fourth-order valence-corrected chi connectivity index (χ4v) is 3.33. The molecule has 0 aliphatic heterocycles. The highest BCUT2D eigenvalue weighted by atomic mass is 35.5. The molecule has 0 spiro atoms. The van der Waals surface area contributed by atoms with Crippen LogP contribution >= 0.6 is 22.9 Å². The van der Waals surface area contributed by atoms with Gasteiger partial charge >= 0.3 is 5.69 Å². The van der Waals surface area contributed by atoms with E-state index in [1.807, 2.05) is 6.07 Å². The van der Waals surface area contributed by atoms with E-state index in [0.717, 1.165) is 9.44 Å². The zero-order valence-corrected chi connectivity index (χ0v) is 14.4. The SMILES string of the molecule is Cn1c(=O)c2cc(C(=O)NCc3ccc(Cl)s3)cnc2n(C)c1=O. The number of thiophene rings is 1. The minimum atomic E-state index is -0.486. The highest BCUT2D eigenvalue weighted by molar-refractivity contribution is 7.16. The highest BCUT2D eigenvalue weighted by Gasteiger charge is 2.13. The van der Waals surface area contributed by atoms with Crippen LogP contribution in [-0.4, -0.2) is 20.0 Å². The lowest BCUT2D eigenvalue weighted by Crippen LogP contribution is -2.37. The van der Waals surface area contributed by atoms with E-state index in [9.17, 15) is 14.4 Å². The average Bonchev–Trinajstić information content (AvgIpc) is 3.00. The molecule has 0 atom stereocenters. The molecule has 0 aliphatic carbocycles. The van der Waals surface area contributed by atoms with E-state index in [-0.39, 0.29) is 22.5 Å². The average molecular weight is 365 g/mol. The molecule has 9 heteroatoms.